The van der Waals surface area contributed by atoms with Gasteiger partial charge >= 0.3 is 6.18 Å². The lowest BCUT2D eigenvalue weighted by molar-refractivity contribution is -0.141. The van der Waals surface area contributed by atoms with E-state index in [4.69, 9.17) is 0 Å². The third kappa shape index (κ3) is 2.35. The minimum Gasteiger partial charge on any atom is -0.364 e. The minimum atomic E-state index is -4.45. The largest absolute Gasteiger partial charge is 0.435 e. The molecule has 3 heterocycles. The Balaban J connectivity index is 1.97. The fourth-order valence-corrected chi connectivity index (χ4v) is 2.14. The Morgan fingerprint density at radius 3 is 2.95 bits per heavy atom. The van der Waals surface area contributed by atoms with Gasteiger partial charge in [0.2, 0.25) is 0 Å². The Morgan fingerprint density at radius 1 is 1.42 bits per heavy atom. The van der Waals surface area contributed by atoms with E-state index in [0.717, 1.165) is 25.6 Å². The molecule has 0 aromatic carbocycles. The third-order valence-corrected chi connectivity index (χ3v) is 3.08. The molecule has 1 aliphatic heterocycles. The van der Waals surface area contributed by atoms with Gasteiger partial charge in [-0.05, 0) is 13.0 Å². The minimum absolute atomic E-state index is 0.183. The van der Waals surface area contributed by atoms with Gasteiger partial charge in [-0.2, -0.15) is 18.3 Å². The summed E-state index contributed by atoms with van der Waals surface area (Å²) >= 11 is 0. The fourth-order valence-electron chi connectivity index (χ4n) is 2.14. The van der Waals surface area contributed by atoms with Crippen molar-refractivity contribution in [3.63, 3.8) is 0 Å². The van der Waals surface area contributed by atoms with Gasteiger partial charge in [0.25, 0.3) is 0 Å². The molecule has 1 atom stereocenters. The van der Waals surface area contributed by atoms with Crippen LogP contribution in [-0.4, -0.2) is 33.7 Å². The summed E-state index contributed by atoms with van der Waals surface area (Å²) in [5.74, 6) is 0.430. The van der Waals surface area contributed by atoms with Crippen molar-refractivity contribution in [1.29, 1.82) is 0 Å². The van der Waals surface area contributed by atoms with E-state index in [9.17, 15) is 13.2 Å². The molecule has 102 valence electrons. The van der Waals surface area contributed by atoms with E-state index >= 15 is 0 Å². The van der Waals surface area contributed by atoms with Gasteiger partial charge in [-0.15, -0.1) is 0 Å². The van der Waals surface area contributed by atoms with Crippen molar-refractivity contribution in [1.82, 2.24) is 19.9 Å². The highest BCUT2D eigenvalue weighted by molar-refractivity contribution is 5.68. The van der Waals surface area contributed by atoms with Crippen LogP contribution in [0.2, 0.25) is 0 Å². The second-order valence-corrected chi connectivity index (χ2v) is 4.47. The molecule has 5 nitrogen and oxygen atoms in total. The van der Waals surface area contributed by atoms with E-state index in [1.165, 1.54) is 16.9 Å². The number of halogens is 3. The number of rotatable bonds is 2. The zero-order valence-electron chi connectivity index (χ0n) is 9.91. The van der Waals surface area contributed by atoms with Gasteiger partial charge in [-0.1, -0.05) is 0 Å². The predicted molar refractivity (Wildman–Crippen MR) is 62.9 cm³/mol. The zero-order valence-corrected chi connectivity index (χ0v) is 9.91. The van der Waals surface area contributed by atoms with Gasteiger partial charge in [-0.25, -0.2) is 9.50 Å². The molecule has 0 saturated carbocycles. The van der Waals surface area contributed by atoms with E-state index in [1.807, 2.05) is 0 Å². The Hall–Kier alpha value is -1.83. The number of anilines is 1. The highest BCUT2D eigenvalue weighted by Crippen LogP contribution is 2.30. The zero-order chi connectivity index (χ0) is 13.5. The molecule has 2 aromatic rings. The molecule has 0 bridgehead atoms. The van der Waals surface area contributed by atoms with Crippen LogP contribution in [0, 0.1) is 0 Å². The normalized spacial score (nSPS) is 20.1. The van der Waals surface area contributed by atoms with Gasteiger partial charge in [0.15, 0.2) is 11.5 Å². The lowest BCUT2D eigenvalue weighted by Crippen LogP contribution is -2.23. The van der Waals surface area contributed by atoms with Crippen LogP contribution in [0.25, 0.3) is 5.52 Å². The van der Waals surface area contributed by atoms with E-state index in [1.54, 1.807) is 0 Å². The van der Waals surface area contributed by atoms with Crippen LogP contribution in [0.1, 0.15) is 12.1 Å². The van der Waals surface area contributed by atoms with Crippen LogP contribution in [0.3, 0.4) is 0 Å². The first kappa shape index (κ1) is 12.2. The maximum absolute atomic E-state index is 12.6. The van der Waals surface area contributed by atoms with Crippen molar-refractivity contribution < 1.29 is 13.2 Å². The summed E-state index contributed by atoms with van der Waals surface area (Å²) in [5.41, 5.74) is -0.574. The second kappa shape index (κ2) is 4.37. The maximum Gasteiger partial charge on any atom is 0.435 e. The molecule has 1 aliphatic rings. The molecule has 2 aromatic heterocycles. The summed E-state index contributed by atoms with van der Waals surface area (Å²) in [4.78, 5) is 4.10. The quantitative estimate of drug-likeness (QED) is 0.869. The SMILES string of the molecule is FC(F)(F)c1cc2c(NC3CCNC3)nccn2n1. The molecule has 1 unspecified atom stereocenters. The molecule has 0 amide bonds. The van der Waals surface area contributed by atoms with Crippen molar-refractivity contribution in [2.45, 2.75) is 18.6 Å². The predicted octanol–water partition coefficient (Wildman–Crippen LogP) is 1.52. The number of hydrogen-bond acceptors (Lipinski definition) is 4. The maximum atomic E-state index is 12.6. The Kier molecular flexibility index (Phi) is 2.81. The van der Waals surface area contributed by atoms with Crippen LogP contribution < -0.4 is 10.6 Å². The average molecular weight is 271 g/mol. The third-order valence-electron chi connectivity index (χ3n) is 3.08. The molecular weight excluding hydrogens is 259 g/mol. The monoisotopic (exact) mass is 271 g/mol. The van der Waals surface area contributed by atoms with E-state index in [2.05, 4.69) is 20.7 Å². The fraction of sp³-hybridized carbons (Fsp3) is 0.455. The molecule has 0 aliphatic carbocycles. The first-order valence-electron chi connectivity index (χ1n) is 5.93. The lowest BCUT2D eigenvalue weighted by Gasteiger charge is -2.12. The van der Waals surface area contributed by atoms with Crippen molar-refractivity contribution >= 4 is 11.3 Å². The smallest absolute Gasteiger partial charge is 0.364 e. The molecule has 0 radical (unpaired) electrons. The van der Waals surface area contributed by atoms with Crippen molar-refractivity contribution in [3.8, 4) is 0 Å². The molecule has 2 N–H and O–H groups in total. The van der Waals surface area contributed by atoms with Gasteiger partial charge in [0.1, 0.15) is 5.52 Å². The Labute approximate surface area is 106 Å². The van der Waals surface area contributed by atoms with Crippen molar-refractivity contribution in [2.24, 2.45) is 0 Å². The lowest BCUT2D eigenvalue weighted by atomic mass is 10.2. The summed E-state index contributed by atoms with van der Waals surface area (Å²) in [6.45, 7) is 1.68. The number of fused-ring (bicyclic) bond motifs is 1. The number of alkyl halides is 3. The number of nitrogens with one attached hydrogen (secondary N) is 2. The van der Waals surface area contributed by atoms with Crippen molar-refractivity contribution in [3.05, 3.63) is 24.2 Å². The molecule has 3 rings (SSSR count). The van der Waals surface area contributed by atoms with Crippen LogP contribution in [0.15, 0.2) is 18.5 Å². The van der Waals surface area contributed by atoms with Gasteiger partial charge < -0.3 is 10.6 Å². The van der Waals surface area contributed by atoms with Crippen molar-refractivity contribution in [2.75, 3.05) is 18.4 Å². The summed E-state index contributed by atoms with van der Waals surface area (Å²) in [5, 5.41) is 9.84. The number of hydrogen-bond donors (Lipinski definition) is 2. The molecule has 1 fully saturated rings. The summed E-state index contributed by atoms with van der Waals surface area (Å²) in [7, 11) is 0. The molecular formula is C11H12F3N5. The number of nitrogens with zero attached hydrogens (tertiary/aromatic N) is 3. The molecule has 1 saturated heterocycles. The average Bonchev–Trinajstić information content (AvgIpc) is 2.96. The highest BCUT2D eigenvalue weighted by atomic mass is 19.4. The molecule has 8 heteroatoms. The standard InChI is InChI=1S/C11H12F3N5/c12-11(13,14)9-5-8-10(16-3-4-19(8)18-9)17-7-1-2-15-6-7/h3-5,7,15H,1-2,6H2,(H,16,17). The highest BCUT2D eigenvalue weighted by Gasteiger charge is 2.34. The topological polar surface area (TPSA) is 54.2 Å². The molecule has 19 heavy (non-hydrogen) atoms. The second-order valence-electron chi connectivity index (χ2n) is 4.47. The Bertz CT molecular complexity index is 586. The molecule has 0 spiro atoms. The van der Waals surface area contributed by atoms with Crippen LogP contribution >= 0.6 is 0 Å². The first-order chi connectivity index (χ1) is 9.04. The summed E-state index contributed by atoms with van der Waals surface area (Å²) in [6.07, 6.45) is -0.686. The van der Waals surface area contributed by atoms with E-state index in [0.29, 0.717) is 11.3 Å². The number of aromatic nitrogens is 3. The van der Waals surface area contributed by atoms with Crippen LogP contribution in [0.4, 0.5) is 19.0 Å². The van der Waals surface area contributed by atoms with Crippen LogP contribution in [-0.2, 0) is 6.18 Å². The first-order valence-corrected chi connectivity index (χ1v) is 5.93. The van der Waals surface area contributed by atoms with Gasteiger partial charge in [0, 0.05) is 31.0 Å². The van der Waals surface area contributed by atoms with Gasteiger partial charge in [-0.3, -0.25) is 0 Å². The van der Waals surface area contributed by atoms with E-state index in [-0.39, 0.29) is 6.04 Å². The van der Waals surface area contributed by atoms with E-state index < -0.39 is 11.9 Å². The summed E-state index contributed by atoms with van der Waals surface area (Å²) < 4.78 is 39.1. The summed E-state index contributed by atoms with van der Waals surface area (Å²) in [6, 6.07) is 1.19. The van der Waals surface area contributed by atoms with Gasteiger partial charge in [0.05, 0.1) is 0 Å². The Morgan fingerprint density at radius 2 is 2.26 bits per heavy atom. The van der Waals surface area contributed by atoms with Crippen LogP contribution in [0.5, 0.6) is 0 Å².